The first-order valence-corrected chi connectivity index (χ1v) is 5.46. The molecule has 0 radical (unpaired) electrons. The Morgan fingerprint density at radius 1 is 1.47 bits per heavy atom. The van der Waals surface area contributed by atoms with Crippen LogP contribution in [0.3, 0.4) is 0 Å². The maximum Gasteiger partial charge on any atom is 0.162 e. The van der Waals surface area contributed by atoms with Crippen molar-refractivity contribution in [2.24, 2.45) is 5.92 Å². The highest BCUT2D eigenvalue weighted by molar-refractivity contribution is 5.96. The van der Waals surface area contributed by atoms with E-state index in [1.54, 1.807) is 19.1 Å². The van der Waals surface area contributed by atoms with Crippen LogP contribution in [0, 0.1) is 18.7 Å². The van der Waals surface area contributed by atoms with E-state index < -0.39 is 0 Å². The molecule has 0 heterocycles. The molecular weight excluding hydrogens is 191 g/mol. The molecule has 1 aliphatic rings. The molecule has 2 heteroatoms. The fourth-order valence-corrected chi connectivity index (χ4v) is 1.65. The lowest BCUT2D eigenvalue weighted by atomic mass is 10.0. The number of carbonyl (C=O) groups excluding carboxylic acids is 1. The van der Waals surface area contributed by atoms with Gasteiger partial charge in [-0.1, -0.05) is 25.0 Å². The van der Waals surface area contributed by atoms with Crippen molar-refractivity contribution >= 4 is 5.78 Å². The monoisotopic (exact) mass is 206 g/mol. The van der Waals surface area contributed by atoms with E-state index >= 15 is 0 Å². The number of carbonyl (C=O) groups is 1. The van der Waals surface area contributed by atoms with Gasteiger partial charge in [0.2, 0.25) is 0 Å². The highest BCUT2D eigenvalue weighted by Gasteiger charge is 2.22. The van der Waals surface area contributed by atoms with Gasteiger partial charge >= 0.3 is 0 Å². The van der Waals surface area contributed by atoms with E-state index in [4.69, 9.17) is 0 Å². The molecule has 0 aromatic heterocycles. The molecular formula is C13H15FO. The molecule has 1 fully saturated rings. The van der Waals surface area contributed by atoms with Gasteiger partial charge in [-0.2, -0.15) is 0 Å². The largest absolute Gasteiger partial charge is 0.294 e. The zero-order chi connectivity index (χ0) is 10.8. The van der Waals surface area contributed by atoms with Crippen molar-refractivity contribution in [3.8, 4) is 0 Å². The smallest absolute Gasteiger partial charge is 0.162 e. The van der Waals surface area contributed by atoms with E-state index in [1.807, 2.05) is 0 Å². The van der Waals surface area contributed by atoms with Gasteiger partial charge in [0.25, 0.3) is 0 Å². The van der Waals surface area contributed by atoms with E-state index in [-0.39, 0.29) is 11.6 Å². The van der Waals surface area contributed by atoms with Crippen LogP contribution in [0.25, 0.3) is 0 Å². The molecule has 0 saturated heterocycles. The van der Waals surface area contributed by atoms with Crippen LogP contribution in [-0.2, 0) is 0 Å². The van der Waals surface area contributed by atoms with Crippen molar-refractivity contribution in [3.05, 3.63) is 35.1 Å². The number of Topliss-reactive ketones (excluding diaryl/α,β-unsaturated/α-hetero) is 1. The fourth-order valence-electron chi connectivity index (χ4n) is 1.65. The van der Waals surface area contributed by atoms with Crippen LogP contribution in [0.4, 0.5) is 4.39 Å². The summed E-state index contributed by atoms with van der Waals surface area (Å²) in [4.78, 5) is 11.7. The van der Waals surface area contributed by atoms with Gasteiger partial charge in [0, 0.05) is 12.0 Å². The van der Waals surface area contributed by atoms with E-state index in [0.29, 0.717) is 17.5 Å². The van der Waals surface area contributed by atoms with Gasteiger partial charge in [0.15, 0.2) is 5.78 Å². The summed E-state index contributed by atoms with van der Waals surface area (Å²) in [7, 11) is 0. The van der Waals surface area contributed by atoms with Crippen LogP contribution in [0.1, 0.15) is 41.6 Å². The van der Waals surface area contributed by atoms with Crippen molar-refractivity contribution in [1.82, 2.24) is 0 Å². The lowest BCUT2D eigenvalue weighted by molar-refractivity contribution is 0.0977. The topological polar surface area (TPSA) is 17.1 Å². The molecule has 0 amide bonds. The fraction of sp³-hybridized carbons (Fsp3) is 0.462. The van der Waals surface area contributed by atoms with Crippen LogP contribution in [0.5, 0.6) is 0 Å². The lowest BCUT2D eigenvalue weighted by Crippen LogP contribution is -2.00. The van der Waals surface area contributed by atoms with Gasteiger partial charge in [0.1, 0.15) is 5.82 Å². The number of halogens is 1. The summed E-state index contributed by atoms with van der Waals surface area (Å²) in [6.07, 6.45) is 4.05. The van der Waals surface area contributed by atoms with Gasteiger partial charge in [-0.3, -0.25) is 4.79 Å². The number of ketones is 1. The Bertz CT molecular complexity index is 380. The van der Waals surface area contributed by atoms with Crippen molar-refractivity contribution < 1.29 is 9.18 Å². The Balaban J connectivity index is 2.00. The third kappa shape index (κ3) is 2.65. The molecule has 1 aliphatic carbocycles. The quantitative estimate of drug-likeness (QED) is 0.689. The first-order valence-electron chi connectivity index (χ1n) is 5.46. The average Bonchev–Trinajstić information content (AvgIpc) is 3.02. The summed E-state index contributed by atoms with van der Waals surface area (Å²) < 4.78 is 13.2. The van der Waals surface area contributed by atoms with Crippen LogP contribution in [0.15, 0.2) is 18.2 Å². The van der Waals surface area contributed by atoms with Gasteiger partial charge < -0.3 is 0 Å². The maximum atomic E-state index is 13.2. The first-order chi connectivity index (χ1) is 7.16. The zero-order valence-corrected chi connectivity index (χ0v) is 8.92. The molecule has 1 aromatic rings. The van der Waals surface area contributed by atoms with Crippen molar-refractivity contribution in [3.63, 3.8) is 0 Å². The van der Waals surface area contributed by atoms with E-state index in [9.17, 15) is 9.18 Å². The van der Waals surface area contributed by atoms with Gasteiger partial charge in [-0.15, -0.1) is 0 Å². The normalized spacial score (nSPS) is 15.3. The Morgan fingerprint density at radius 3 is 2.80 bits per heavy atom. The molecule has 1 aromatic carbocycles. The maximum absolute atomic E-state index is 13.2. The van der Waals surface area contributed by atoms with Crippen LogP contribution in [0.2, 0.25) is 0 Å². The predicted molar refractivity (Wildman–Crippen MR) is 57.4 cm³/mol. The molecule has 0 unspecified atom stereocenters. The Hall–Kier alpha value is -1.18. The number of hydrogen-bond donors (Lipinski definition) is 0. The number of hydrogen-bond acceptors (Lipinski definition) is 1. The second-order valence-corrected chi connectivity index (χ2v) is 4.37. The van der Waals surface area contributed by atoms with Gasteiger partial charge in [-0.25, -0.2) is 4.39 Å². The predicted octanol–water partition coefficient (Wildman–Crippen LogP) is 3.51. The summed E-state index contributed by atoms with van der Waals surface area (Å²) >= 11 is 0. The third-order valence-electron chi connectivity index (χ3n) is 2.97. The Kier molecular flexibility index (Phi) is 2.85. The first kappa shape index (κ1) is 10.3. The molecule has 1 nitrogen and oxygen atoms in total. The number of benzene rings is 1. The van der Waals surface area contributed by atoms with E-state index in [0.717, 1.165) is 12.3 Å². The minimum Gasteiger partial charge on any atom is -0.294 e. The summed E-state index contributed by atoms with van der Waals surface area (Å²) in [6.45, 7) is 1.70. The summed E-state index contributed by atoms with van der Waals surface area (Å²) in [5, 5.41) is 0. The second-order valence-electron chi connectivity index (χ2n) is 4.37. The molecule has 0 spiro atoms. The second kappa shape index (κ2) is 4.13. The third-order valence-corrected chi connectivity index (χ3v) is 2.97. The molecule has 0 aliphatic heterocycles. The van der Waals surface area contributed by atoms with Crippen LogP contribution < -0.4 is 0 Å². The van der Waals surface area contributed by atoms with E-state index in [2.05, 4.69) is 0 Å². The van der Waals surface area contributed by atoms with Crippen molar-refractivity contribution in [1.29, 1.82) is 0 Å². The van der Waals surface area contributed by atoms with Crippen LogP contribution in [-0.4, -0.2) is 5.78 Å². The SMILES string of the molecule is Cc1ccc(C(=O)CCC2CC2)cc1F. The minimum atomic E-state index is -0.285. The van der Waals surface area contributed by atoms with E-state index in [1.165, 1.54) is 18.9 Å². The van der Waals surface area contributed by atoms with Gasteiger partial charge in [-0.05, 0) is 30.9 Å². The summed E-state index contributed by atoms with van der Waals surface area (Å²) in [5.41, 5.74) is 1.10. The highest BCUT2D eigenvalue weighted by atomic mass is 19.1. The average molecular weight is 206 g/mol. The van der Waals surface area contributed by atoms with Crippen molar-refractivity contribution in [2.45, 2.75) is 32.6 Å². The highest BCUT2D eigenvalue weighted by Crippen LogP contribution is 2.33. The molecule has 80 valence electrons. The molecule has 1 saturated carbocycles. The van der Waals surface area contributed by atoms with Crippen molar-refractivity contribution in [2.75, 3.05) is 0 Å². The Labute approximate surface area is 89.3 Å². The summed E-state index contributed by atoms with van der Waals surface area (Å²) in [6, 6.07) is 4.73. The Morgan fingerprint density at radius 2 is 2.20 bits per heavy atom. The molecule has 0 N–H and O–H groups in total. The van der Waals surface area contributed by atoms with Crippen LogP contribution >= 0.6 is 0 Å². The zero-order valence-electron chi connectivity index (χ0n) is 8.92. The minimum absolute atomic E-state index is 0.0702. The molecule has 15 heavy (non-hydrogen) atoms. The molecule has 2 rings (SSSR count). The summed E-state index contributed by atoms with van der Waals surface area (Å²) in [5.74, 6) is 0.539. The molecule has 0 atom stereocenters. The standard InChI is InChI=1S/C13H15FO/c1-9-2-6-11(8-12(9)14)13(15)7-5-10-3-4-10/h2,6,8,10H,3-5,7H2,1H3. The molecule has 0 bridgehead atoms. The lowest BCUT2D eigenvalue weighted by Gasteiger charge is -2.02. The number of rotatable bonds is 4. The van der Waals surface area contributed by atoms with Gasteiger partial charge in [0.05, 0.1) is 0 Å². The number of aryl methyl sites for hydroxylation is 1.